The minimum atomic E-state index is -2.44. The van der Waals surface area contributed by atoms with E-state index in [-0.39, 0.29) is 22.6 Å². The third-order valence-corrected chi connectivity index (χ3v) is 10.5. The highest BCUT2D eigenvalue weighted by Gasteiger charge is 2.44. The Labute approximate surface area is 291 Å². The summed E-state index contributed by atoms with van der Waals surface area (Å²) in [5.74, 6) is -1.73. The predicted octanol–water partition coefficient (Wildman–Crippen LogP) is 5.59. The van der Waals surface area contributed by atoms with Crippen LogP contribution in [0, 0.1) is 0 Å². The van der Waals surface area contributed by atoms with Crippen molar-refractivity contribution >= 4 is 50.4 Å². The van der Waals surface area contributed by atoms with Crippen LogP contribution in [0.4, 0.5) is 11.4 Å². The lowest BCUT2D eigenvalue weighted by molar-refractivity contribution is -0.438. The molecule has 0 atom stereocenters. The topological polar surface area (TPSA) is 149 Å². The van der Waals surface area contributed by atoms with Gasteiger partial charge < -0.3 is 15.1 Å². The van der Waals surface area contributed by atoms with Crippen LogP contribution < -0.4 is 4.90 Å². The van der Waals surface area contributed by atoms with Crippen molar-refractivity contribution in [2.45, 2.75) is 64.2 Å². The van der Waals surface area contributed by atoms with E-state index in [0.717, 1.165) is 33.9 Å². The van der Waals surface area contributed by atoms with Crippen LogP contribution in [-0.4, -0.2) is 73.9 Å². The number of anilines is 1. The first-order valence-electron chi connectivity index (χ1n) is 16.3. The van der Waals surface area contributed by atoms with Crippen LogP contribution in [0.5, 0.6) is 0 Å². The van der Waals surface area contributed by atoms with Crippen LogP contribution in [0.1, 0.15) is 85.2 Å². The largest absolute Gasteiger partial charge is 0.478 e. The summed E-state index contributed by atoms with van der Waals surface area (Å²) in [6, 6.07) is 10.3. The van der Waals surface area contributed by atoms with Gasteiger partial charge in [0.2, 0.25) is 5.69 Å². The fraction of sp³-hybridized carbons (Fsp3) is 0.378. The lowest BCUT2D eigenvalue weighted by Gasteiger charge is -2.27. The highest BCUT2D eigenvalue weighted by molar-refractivity contribution is 7.72. The Hall–Kier alpha value is -4.29. The number of hydrogen-bond donors (Lipinski definition) is 4. The molecule has 2 N–H and O–H groups in total. The normalized spacial score (nSPS) is 17.4. The molecule has 0 radical (unpaired) electrons. The number of hydrogen-bond acceptors (Lipinski definition) is 7. The van der Waals surface area contributed by atoms with Crippen molar-refractivity contribution in [2.75, 3.05) is 29.5 Å². The van der Waals surface area contributed by atoms with Gasteiger partial charge in [-0.15, -0.1) is 0 Å². The van der Waals surface area contributed by atoms with Crippen molar-refractivity contribution in [1.29, 1.82) is 0 Å². The Kier molecular flexibility index (Phi) is 12.2. The molecule has 4 rings (SSSR count). The molecule has 0 unspecified atom stereocenters. The van der Waals surface area contributed by atoms with Crippen molar-refractivity contribution in [1.82, 2.24) is 0 Å². The van der Waals surface area contributed by atoms with E-state index in [2.05, 4.69) is 37.2 Å². The smallest absolute Gasteiger partial charge is 0.335 e. The molecule has 0 saturated carbocycles. The van der Waals surface area contributed by atoms with Gasteiger partial charge in [0.25, 0.3) is 0 Å². The molecule has 0 aliphatic carbocycles. The van der Waals surface area contributed by atoms with Gasteiger partial charge in [-0.3, -0.25) is 0 Å². The minimum absolute atomic E-state index is 0.127. The molecule has 2 aliphatic rings. The summed E-state index contributed by atoms with van der Waals surface area (Å²) in [4.78, 5) is 25.6. The molecule has 2 heterocycles. The van der Waals surface area contributed by atoms with E-state index in [1.807, 2.05) is 54.7 Å². The first kappa shape index (κ1) is 37.5. The average molecular weight is 710 g/mol. The number of nitrogens with zero attached hydrogens (tertiary/aromatic N) is 2. The zero-order valence-corrected chi connectivity index (χ0v) is 30.1. The molecule has 0 saturated heterocycles. The monoisotopic (exact) mass is 709 g/mol. The molecule has 12 heteroatoms. The van der Waals surface area contributed by atoms with E-state index in [1.165, 1.54) is 0 Å². The molecule has 2 aromatic carbocycles. The second-order valence-corrected chi connectivity index (χ2v) is 15.4. The molecule has 49 heavy (non-hydrogen) atoms. The van der Waals surface area contributed by atoms with Crippen LogP contribution in [0.2, 0.25) is 0 Å². The first-order chi connectivity index (χ1) is 23.2. The van der Waals surface area contributed by atoms with E-state index in [0.29, 0.717) is 38.8 Å². The summed E-state index contributed by atoms with van der Waals surface area (Å²) in [5, 5.41) is 19.2. The fourth-order valence-corrected chi connectivity index (χ4v) is 7.57. The highest BCUT2D eigenvalue weighted by Crippen LogP contribution is 2.48. The van der Waals surface area contributed by atoms with E-state index >= 15 is 0 Å². The quantitative estimate of drug-likeness (QED) is 0.0757. The third-order valence-electron chi connectivity index (χ3n) is 9.18. The van der Waals surface area contributed by atoms with Gasteiger partial charge in [0, 0.05) is 59.0 Å². The number of rotatable bonds is 16. The van der Waals surface area contributed by atoms with Gasteiger partial charge in [-0.05, 0) is 75.1 Å². The fourth-order valence-electron chi connectivity index (χ4n) is 6.61. The second kappa shape index (κ2) is 15.9. The molecule has 0 amide bonds. The number of allylic oxidation sites excluding steroid dienone is 8. The Balaban J connectivity index is 1.57. The van der Waals surface area contributed by atoms with Crippen molar-refractivity contribution in [3.05, 3.63) is 107 Å². The Morgan fingerprint density at radius 3 is 1.94 bits per heavy atom. The number of aromatic carboxylic acids is 2. The SMILES string of the molecule is CC1(C)C(/C=C/C=C/C=C/C=C2\N(CCCC[SH](=O)=O)c3ccc(C(=O)O)cc3C2(C)C)=[N+](CCCC[SH](=O)=O)c2ccc(C(=O)O)cc21. The maximum Gasteiger partial charge on any atom is 0.335 e. The van der Waals surface area contributed by atoms with Crippen LogP contribution in [0.15, 0.2) is 84.6 Å². The van der Waals surface area contributed by atoms with Gasteiger partial charge in [-0.1, -0.05) is 44.2 Å². The van der Waals surface area contributed by atoms with Crippen molar-refractivity contribution < 1.29 is 41.2 Å². The molecule has 2 aromatic rings. The number of benzene rings is 2. The Morgan fingerprint density at radius 2 is 1.31 bits per heavy atom. The van der Waals surface area contributed by atoms with Crippen LogP contribution in [0.3, 0.4) is 0 Å². The molecule has 2 aliphatic heterocycles. The van der Waals surface area contributed by atoms with Gasteiger partial charge in [-0.25, -0.2) is 26.4 Å². The van der Waals surface area contributed by atoms with E-state index < -0.39 is 44.2 Å². The summed E-state index contributed by atoms with van der Waals surface area (Å²) in [6.07, 6.45) is 16.0. The van der Waals surface area contributed by atoms with E-state index in [9.17, 15) is 36.6 Å². The standard InChI is InChI=1S/C37H44N2O8S2/c1-36(2)28-24-26(34(40)41)16-18-30(28)38(20-10-12-22-48(44)45)32(36)14-8-6-5-7-9-15-33-37(3,4)29-25-27(35(42)43)17-19-31(29)39(33)21-11-13-23-49(46)47/h5-9,14-19,24-25,48-49H,10-13,20-23H2,1-4H3,(H-,40,41,42,43)/p+1. The van der Waals surface area contributed by atoms with Crippen LogP contribution >= 0.6 is 0 Å². The van der Waals surface area contributed by atoms with Gasteiger partial charge in [0.1, 0.15) is 28.0 Å². The zero-order chi connectivity index (χ0) is 35.9. The van der Waals surface area contributed by atoms with Gasteiger partial charge in [-0.2, -0.15) is 4.58 Å². The summed E-state index contributed by atoms with van der Waals surface area (Å²) >= 11 is 0. The maximum atomic E-state index is 11.7. The van der Waals surface area contributed by atoms with Crippen molar-refractivity contribution in [3.8, 4) is 0 Å². The molecule has 0 spiro atoms. The molecular formula is C37H45N2O8S2+. The van der Waals surface area contributed by atoms with Gasteiger partial charge >= 0.3 is 11.9 Å². The lowest BCUT2D eigenvalue weighted by Crippen LogP contribution is -2.28. The minimum Gasteiger partial charge on any atom is -0.478 e. The van der Waals surface area contributed by atoms with Crippen LogP contribution in [-0.2, 0) is 32.2 Å². The first-order valence-corrected chi connectivity index (χ1v) is 19.0. The summed E-state index contributed by atoms with van der Waals surface area (Å²) in [6.45, 7) is 9.40. The Bertz CT molecular complexity index is 1910. The summed E-state index contributed by atoms with van der Waals surface area (Å²) in [7, 11) is -4.87. The number of carboxylic acid groups (broad SMARTS) is 2. The Morgan fingerprint density at radius 1 is 0.735 bits per heavy atom. The molecule has 10 nitrogen and oxygen atoms in total. The molecule has 0 fully saturated rings. The molecule has 0 bridgehead atoms. The van der Waals surface area contributed by atoms with Crippen LogP contribution in [0.25, 0.3) is 0 Å². The number of unbranched alkanes of at least 4 members (excludes halogenated alkanes) is 2. The maximum absolute atomic E-state index is 11.7. The summed E-state index contributed by atoms with van der Waals surface area (Å²) in [5.41, 5.74) is 5.07. The zero-order valence-electron chi connectivity index (χ0n) is 28.3. The molecular weight excluding hydrogens is 665 g/mol. The summed E-state index contributed by atoms with van der Waals surface area (Å²) < 4.78 is 46.5. The van der Waals surface area contributed by atoms with Crippen molar-refractivity contribution in [2.24, 2.45) is 0 Å². The lowest BCUT2D eigenvalue weighted by atomic mass is 9.81. The van der Waals surface area contributed by atoms with E-state index in [1.54, 1.807) is 24.3 Å². The number of fused-ring (bicyclic) bond motifs is 2. The predicted molar refractivity (Wildman–Crippen MR) is 194 cm³/mol. The number of carbonyl (C=O) groups is 2. The number of carboxylic acids is 2. The highest BCUT2D eigenvalue weighted by atomic mass is 32.2. The van der Waals surface area contributed by atoms with Gasteiger partial charge in [0.15, 0.2) is 5.71 Å². The number of thiol groups is 2. The third kappa shape index (κ3) is 8.66. The van der Waals surface area contributed by atoms with Crippen molar-refractivity contribution in [3.63, 3.8) is 0 Å². The average Bonchev–Trinajstić information content (AvgIpc) is 3.38. The van der Waals surface area contributed by atoms with E-state index in [4.69, 9.17) is 0 Å². The van der Waals surface area contributed by atoms with Gasteiger partial charge in [0.05, 0.1) is 16.5 Å². The molecule has 262 valence electrons. The molecule has 0 aromatic heterocycles. The second-order valence-electron chi connectivity index (χ2n) is 13.2.